The van der Waals surface area contributed by atoms with Gasteiger partial charge in [-0.2, -0.15) is 0 Å². The lowest BCUT2D eigenvalue weighted by Crippen LogP contribution is -2.32. The minimum absolute atomic E-state index is 0.763. The Morgan fingerprint density at radius 3 is 1.48 bits per heavy atom. The molecular formula is C56H44S4. The van der Waals surface area contributed by atoms with Crippen LogP contribution >= 0.6 is 50.1 Å². The van der Waals surface area contributed by atoms with Gasteiger partial charge in [-0.15, -0.1) is 37.9 Å². The summed E-state index contributed by atoms with van der Waals surface area (Å²) in [6.45, 7) is 4.41. The van der Waals surface area contributed by atoms with Crippen molar-refractivity contribution in [3.8, 4) is 44.5 Å². The van der Waals surface area contributed by atoms with Gasteiger partial charge in [0.25, 0.3) is 0 Å². The van der Waals surface area contributed by atoms with Crippen LogP contribution in [0.3, 0.4) is 0 Å². The number of allylic oxidation sites excluding steroid dienone is 4. The van der Waals surface area contributed by atoms with Crippen LogP contribution in [0.1, 0.15) is 36.1 Å². The molecule has 0 fully saturated rings. The highest BCUT2D eigenvalue weighted by Crippen LogP contribution is 2.45. The van der Waals surface area contributed by atoms with Gasteiger partial charge in [0.2, 0.25) is 0 Å². The van der Waals surface area contributed by atoms with Crippen LogP contribution in [0.15, 0.2) is 227 Å². The molecule has 292 valence electrons. The Morgan fingerprint density at radius 2 is 0.917 bits per heavy atom. The van der Waals surface area contributed by atoms with Gasteiger partial charge in [0.1, 0.15) is 0 Å². The second-order valence-electron chi connectivity index (χ2n) is 15.1. The lowest BCUT2D eigenvalue weighted by molar-refractivity contribution is 0.769. The fourth-order valence-corrected chi connectivity index (χ4v) is 9.24. The number of hydrogen-bond acceptors (Lipinski definition) is 4. The van der Waals surface area contributed by atoms with Crippen LogP contribution in [0.4, 0.5) is 0 Å². The van der Waals surface area contributed by atoms with E-state index in [0.717, 1.165) is 97.5 Å². The fraction of sp³-hybridized carbons (Fsp3) is 0.0536. The van der Waals surface area contributed by atoms with Crippen LogP contribution in [0.5, 0.6) is 0 Å². The molecule has 0 saturated carbocycles. The molecule has 0 amide bonds. The molecule has 8 aromatic carbocycles. The maximum absolute atomic E-state index is 6.77. The first-order valence-electron chi connectivity index (χ1n) is 20.0. The van der Waals surface area contributed by atoms with E-state index in [2.05, 4.69) is 202 Å². The summed E-state index contributed by atoms with van der Waals surface area (Å²) in [5, 5.41) is 0. The van der Waals surface area contributed by atoms with Crippen molar-refractivity contribution in [1.82, 2.24) is 0 Å². The zero-order valence-electron chi connectivity index (χ0n) is 33.5. The van der Waals surface area contributed by atoms with Gasteiger partial charge in [-0.05, 0) is 134 Å². The van der Waals surface area contributed by atoms with Crippen molar-refractivity contribution in [3.05, 3.63) is 235 Å². The average molecular weight is 845 g/mol. The molecule has 0 bridgehead atoms. The monoisotopic (exact) mass is 844 g/mol. The first kappa shape index (κ1) is 41.1. The number of thiocarbonyl (C=S) groups is 1. The second kappa shape index (κ2) is 18.3. The van der Waals surface area contributed by atoms with Crippen LogP contribution in [0.2, 0.25) is 0 Å². The van der Waals surface area contributed by atoms with Crippen LogP contribution in [-0.2, 0) is 5.41 Å². The molecule has 0 saturated heterocycles. The molecule has 8 rings (SSSR count). The van der Waals surface area contributed by atoms with E-state index in [1.807, 2.05) is 24.3 Å². The summed E-state index contributed by atoms with van der Waals surface area (Å²) in [6.07, 6.45) is 4.45. The van der Waals surface area contributed by atoms with Gasteiger partial charge in [-0.1, -0.05) is 182 Å². The Balaban J connectivity index is 1.37. The lowest BCUT2D eigenvalue weighted by atomic mass is 9.71. The molecule has 0 spiro atoms. The highest BCUT2D eigenvalue weighted by Gasteiger charge is 2.36. The number of benzene rings is 8. The van der Waals surface area contributed by atoms with Gasteiger partial charge >= 0.3 is 0 Å². The zero-order valence-corrected chi connectivity index (χ0v) is 37.0. The maximum Gasteiger partial charge on any atom is 0.0536 e. The summed E-state index contributed by atoms with van der Waals surface area (Å²) in [5.41, 5.74) is 14.3. The van der Waals surface area contributed by atoms with E-state index in [0.29, 0.717) is 0 Å². The minimum Gasteiger partial charge on any atom is -0.143 e. The number of thiol groups is 3. The van der Waals surface area contributed by atoms with E-state index >= 15 is 0 Å². The van der Waals surface area contributed by atoms with E-state index in [1.165, 1.54) is 0 Å². The zero-order chi connectivity index (χ0) is 41.6. The molecule has 0 aliphatic heterocycles. The number of hydrogen-bond donors (Lipinski definition) is 3. The Morgan fingerprint density at radius 1 is 0.450 bits per heavy atom. The Kier molecular flexibility index (Phi) is 12.6. The molecule has 1 unspecified atom stereocenters. The van der Waals surface area contributed by atoms with E-state index in [1.54, 1.807) is 0 Å². The quantitative estimate of drug-likeness (QED) is 0.0505. The normalized spacial score (nSPS) is 12.8. The average Bonchev–Trinajstić information content (AvgIpc) is 3.30. The molecule has 1 atom stereocenters. The smallest absolute Gasteiger partial charge is 0.0536 e. The third-order valence-electron chi connectivity index (χ3n) is 11.3. The predicted molar refractivity (Wildman–Crippen MR) is 270 cm³/mol. The predicted octanol–water partition coefficient (Wildman–Crippen LogP) is 16.1. The van der Waals surface area contributed by atoms with Crippen molar-refractivity contribution in [1.29, 1.82) is 0 Å². The van der Waals surface area contributed by atoms with Crippen LogP contribution in [0.25, 0.3) is 55.7 Å². The van der Waals surface area contributed by atoms with Gasteiger partial charge in [-0.25, -0.2) is 0 Å². The topological polar surface area (TPSA) is 0 Å². The first-order valence-corrected chi connectivity index (χ1v) is 21.7. The molecule has 0 aliphatic rings. The summed E-state index contributed by atoms with van der Waals surface area (Å²) < 4.78 is 0. The van der Waals surface area contributed by atoms with Crippen molar-refractivity contribution in [2.24, 2.45) is 0 Å². The minimum atomic E-state index is -0.787. The summed E-state index contributed by atoms with van der Waals surface area (Å²) in [6, 6.07) is 70.0. The Labute approximate surface area is 376 Å². The molecule has 0 aromatic heterocycles. The van der Waals surface area contributed by atoms with E-state index in [-0.39, 0.29) is 0 Å². The fourth-order valence-electron chi connectivity index (χ4n) is 7.86. The molecule has 0 N–H and O–H groups in total. The number of rotatable bonds is 11. The van der Waals surface area contributed by atoms with Crippen LogP contribution in [0, 0.1) is 0 Å². The summed E-state index contributed by atoms with van der Waals surface area (Å²) in [4.78, 5) is 3.48. The SMILES string of the molecule is C/C(=C\C(=C/C(=S)C(C)(c1ccccc1)c1cc(-c2ccc(S)c(-c3ccccc3)c2)cc(-c2ccccc2)c1S)c1ccc(S)c(-c2ccccc2)c1)c1ccccc1. The summed E-state index contributed by atoms with van der Waals surface area (Å²) in [5.74, 6) is 0. The lowest BCUT2D eigenvalue weighted by Gasteiger charge is -2.34. The Bertz CT molecular complexity index is 2850. The molecule has 0 aliphatic carbocycles. The van der Waals surface area contributed by atoms with E-state index in [9.17, 15) is 0 Å². The molecule has 8 aromatic rings. The molecule has 4 heteroatoms. The van der Waals surface area contributed by atoms with Crippen molar-refractivity contribution < 1.29 is 0 Å². The molecule has 0 heterocycles. The molecule has 0 radical (unpaired) electrons. The van der Waals surface area contributed by atoms with Gasteiger partial charge in [0.05, 0.1) is 5.41 Å². The van der Waals surface area contributed by atoms with E-state index < -0.39 is 5.41 Å². The Hall–Kier alpha value is -5.62. The van der Waals surface area contributed by atoms with Gasteiger partial charge in [0.15, 0.2) is 0 Å². The van der Waals surface area contributed by atoms with Crippen molar-refractivity contribution in [2.45, 2.75) is 33.9 Å². The first-order chi connectivity index (χ1) is 29.2. The third-order valence-corrected chi connectivity index (χ3v) is 13.1. The van der Waals surface area contributed by atoms with Crippen molar-refractivity contribution in [3.63, 3.8) is 0 Å². The summed E-state index contributed by atoms with van der Waals surface area (Å²) >= 11 is 22.0. The van der Waals surface area contributed by atoms with E-state index in [4.69, 9.17) is 50.1 Å². The molecule has 60 heavy (non-hydrogen) atoms. The third kappa shape index (κ3) is 8.66. The highest BCUT2D eigenvalue weighted by molar-refractivity contribution is 7.81. The molecule has 0 nitrogen and oxygen atoms in total. The van der Waals surface area contributed by atoms with Crippen LogP contribution in [-0.4, -0.2) is 4.86 Å². The molecular weight excluding hydrogens is 801 g/mol. The van der Waals surface area contributed by atoms with Crippen LogP contribution < -0.4 is 0 Å². The largest absolute Gasteiger partial charge is 0.143 e. The van der Waals surface area contributed by atoms with Gasteiger partial charge in [0, 0.05) is 19.6 Å². The second-order valence-corrected chi connectivity index (χ2v) is 17.0. The summed E-state index contributed by atoms with van der Waals surface area (Å²) in [7, 11) is 0. The van der Waals surface area contributed by atoms with Crippen molar-refractivity contribution in [2.75, 3.05) is 0 Å². The van der Waals surface area contributed by atoms with Gasteiger partial charge in [-0.3, -0.25) is 0 Å². The van der Waals surface area contributed by atoms with Gasteiger partial charge < -0.3 is 0 Å². The van der Waals surface area contributed by atoms with Crippen molar-refractivity contribution >= 4 is 66.1 Å². The standard InChI is InChI=1S/C56H44S4/c1-38(39-18-8-3-9-19-39)32-45(43-28-30-52(57)48(33-43)40-20-10-4-11-21-40)37-54(59)56(2,47-26-16-7-17-27-47)51-36-46(35-50(55(51)60)42-24-14-6-15-25-42)44-29-31-53(58)49(34-44)41-22-12-5-13-23-41/h3-37,57-58,60H,1-2H3/b38-32+,45-37+. The highest BCUT2D eigenvalue weighted by atomic mass is 32.1. The maximum atomic E-state index is 6.77.